The van der Waals surface area contributed by atoms with Gasteiger partial charge >= 0.3 is 0 Å². The van der Waals surface area contributed by atoms with Crippen LogP contribution in [0.25, 0.3) is 0 Å². The van der Waals surface area contributed by atoms with E-state index in [-0.39, 0.29) is 0 Å². The van der Waals surface area contributed by atoms with Crippen molar-refractivity contribution in [3.05, 3.63) is 35.4 Å². The highest BCUT2D eigenvalue weighted by atomic mass is 16.3. The van der Waals surface area contributed by atoms with E-state index in [4.69, 9.17) is 5.26 Å². The molecule has 4 nitrogen and oxygen atoms in total. The number of rotatable bonds is 6. The maximum atomic E-state index is 10.1. The Balaban J connectivity index is 1.72. The molecule has 0 aromatic heterocycles. The normalized spacial score (nSPS) is 20.6. The van der Waals surface area contributed by atoms with E-state index in [0.29, 0.717) is 24.1 Å². The van der Waals surface area contributed by atoms with Crippen LogP contribution in [0.5, 0.6) is 0 Å². The fourth-order valence-electron chi connectivity index (χ4n) is 2.82. The smallest absolute Gasteiger partial charge is 0.0991 e. The third-order valence-corrected chi connectivity index (χ3v) is 4.24. The molecule has 0 saturated carbocycles. The molecule has 21 heavy (non-hydrogen) atoms. The van der Waals surface area contributed by atoms with Crippen molar-refractivity contribution in [3.8, 4) is 6.07 Å². The van der Waals surface area contributed by atoms with Gasteiger partial charge in [-0.1, -0.05) is 12.1 Å². The Labute approximate surface area is 127 Å². The maximum absolute atomic E-state index is 10.1. The summed E-state index contributed by atoms with van der Waals surface area (Å²) in [7, 11) is 0. The molecule has 0 radical (unpaired) electrons. The fraction of sp³-hybridized carbons (Fsp3) is 0.588. The van der Waals surface area contributed by atoms with Gasteiger partial charge in [0.2, 0.25) is 0 Å². The van der Waals surface area contributed by atoms with Crippen molar-refractivity contribution in [1.29, 1.82) is 5.26 Å². The molecule has 1 fully saturated rings. The van der Waals surface area contributed by atoms with Gasteiger partial charge in [0, 0.05) is 19.1 Å². The highest BCUT2D eigenvalue weighted by Crippen LogP contribution is 2.18. The van der Waals surface area contributed by atoms with Crippen LogP contribution in [0.4, 0.5) is 0 Å². The number of likely N-dealkylation sites (tertiary alicyclic amines) is 1. The van der Waals surface area contributed by atoms with Gasteiger partial charge in [0.15, 0.2) is 0 Å². The number of nitriles is 1. The monoisotopic (exact) mass is 287 g/mol. The molecule has 2 rings (SSSR count). The zero-order chi connectivity index (χ0) is 15.2. The number of aliphatic hydroxyl groups is 1. The maximum Gasteiger partial charge on any atom is 0.0991 e. The van der Waals surface area contributed by atoms with Crippen molar-refractivity contribution in [2.45, 2.75) is 32.4 Å². The Morgan fingerprint density at radius 2 is 2.10 bits per heavy atom. The van der Waals surface area contributed by atoms with Gasteiger partial charge in [0.05, 0.1) is 17.7 Å². The molecule has 1 aromatic rings. The Hall–Kier alpha value is -1.41. The van der Waals surface area contributed by atoms with Crippen LogP contribution in [0.1, 0.15) is 37.5 Å². The summed E-state index contributed by atoms with van der Waals surface area (Å²) < 4.78 is 0. The van der Waals surface area contributed by atoms with Crippen LogP contribution in [-0.4, -0.2) is 42.2 Å². The van der Waals surface area contributed by atoms with E-state index in [0.717, 1.165) is 18.7 Å². The van der Waals surface area contributed by atoms with Crippen LogP contribution in [0.3, 0.4) is 0 Å². The molecule has 2 atom stereocenters. The first-order valence-corrected chi connectivity index (χ1v) is 7.73. The van der Waals surface area contributed by atoms with Gasteiger partial charge in [0.25, 0.3) is 0 Å². The van der Waals surface area contributed by atoms with Crippen molar-refractivity contribution >= 4 is 0 Å². The molecule has 2 unspecified atom stereocenters. The summed E-state index contributed by atoms with van der Waals surface area (Å²) in [6, 6.07) is 9.84. The minimum Gasteiger partial charge on any atom is -0.387 e. The van der Waals surface area contributed by atoms with Gasteiger partial charge in [-0.15, -0.1) is 0 Å². The Morgan fingerprint density at radius 1 is 1.38 bits per heavy atom. The molecule has 0 bridgehead atoms. The second-order valence-electron chi connectivity index (χ2n) is 6.15. The van der Waals surface area contributed by atoms with Crippen LogP contribution in [0.2, 0.25) is 0 Å². The zero-order valence-corrected chi connectivity index (χ0v) is 12.9. The van der Waals surface area contributed by atoms with Crippen molar-refractivity contribution in [2.24, 2.45) is 5.92 Å². The zero-order valence-electron chi connectivity index (χ0n) is 12.9. The van der Waals surface area contributed by atoms with Gasteiger partial charge in [-0.05, 0) is 57.0 Å². The predicted octanol–water partition coefficient (Wildman–Crippen LogP) is 1.91. The molecule has 1 aromatic carbocycles. The van der Waals surface area contributed by atoms with Gasteiger partial charge in [-0.25, -0.2) is 0 Å². The lowest BCUT2D eigenvalue weighted by Gasteiger charge is -2.20. The highest BCUT2D eigenvalue weighted by Gasteiger charge is 2.23. The summed E-state index contributed by atoms with van der Waals surface area (Å²) in [6.07, 6.45) is 0.721. The molecule has 4 heteroatoms. The Bertz CT molecular complexity index is 478. The van der Waals surface area contributed by atoms with Crippen molar-refractivity contribution in [2.75, 3.05) is 26.2 Å². The summed E-state index contributed by atoms with van der Waals surface area (Å²) in [5, 5.41) is 22.3. The first-order valence-electron chi connectivity index (χ1n) is 7.73. The van der Waals surface area contributed by atoms with Gasteiger partial charge in [-0.2, -0.15) is 5.26 Å². The lowest BCUT2D eigenvalue weighted by atomic mass is 10.1. The van der Waals surface area contributed by atoms with E-state index in [2.05, 4.69) is 30.1 Å². The second-order valence-corrected chi connectivity index (χ2v) is 6.15. The highest BCUT2D eigenvalue weighted by molar-refractivity contribution is 5.32. The van der Waals surface area contributed by atoms with E-state index in [9.17, 15) is 5.11 Å². The molecule has 0 spiro atoms. The summed E-state index contributed by atoms with van der Waals surface area (Å²) in [5.41, 5.74) is 1.48. The summed E-state index contributed by atoms with van der Waals surface area (Å²) >= 11 is 0. The van der Waals surface area contributed by atoms with Crippen molar-refractivity contribution < 1.29 is 5.11 Å². The number of hydrogen-bond acceptors (Lipinski definition) is 4. The number of aliphatic hydroxyl groups excluding tert-OH is 1. The minimum atomic E-state index is -0.514. The minimum absolute atomic E-state index is 0.514. The Morgan fingerprint density at radius 3 is 2.67 bits per heavy atom. The predicted molar refractivity (Wildman–Crippen MR) is 83.8 cm³/mol. The summed E-state index contributed by atoms with van der Waals surface area (Å²) in [4.78, 5) is 2.50. The number of nitrogens with zero attached hydrogens (tertiary/aromatic N) is 2. The molecule has 1 heterocycles. The Kier molecular flexibility index (Phi) is 5.75. The SMILES string of the molecule is CC(C)N1CCC(CNCC(O)c2ccc(C#N)cc2)C1. The molecular formula is C17H25N3O. The first-order chi connectivity index (χ1) is 10.1. The quantitative estimate of drug-likeness (QED) is 0.839. The molecular weight excluding hydrogens is 262 g/mol. The van der Waals surface area contributed by atoms with E-state index in [1.165, 1.54) is 13.0 Å². The second kappa shape index (κ2) is 7.56. The molecule has 2 N–H and O–H groups in total. The molecule has 1 aliphatic rings. The largest absolute Gasteiger partial charge is 0.387 e. The third-order valence-electron chi connectivity index (χ3n) is 4.24. The molecule has 0 amide bonds. The summed E-state index contributed by atoms with van der Waals surface area (Å²) in [6.45, 7) is 8.33. The van der Waals surface area contributed by atoms with E-state index < -0.39 is 6.10 Å². The van der Waals surface area contributed by atoms with Crippen LogP contribution < -0.4 is 5.32 Å². The number of hydrogen-bond donors (Lipinski definition) is 2. The van der Waals surface area contributed by atoms with Crippen molar-refractivity contribution in [1.82, 2.24) is 10.2 Å². The first kappa shape index (κ1) is 16.0. The molecule has 1 aliphatic heterocycles. The van der Waals surface area contributed by atoms with Gasteiger partial charge in [-0.3, -0.25) is 0 Å². The summed E-state index contributed by atoms with van der Waals surface area (Å²) in [5.74, 6) is 0.681. The topological polar surface area (TPSA) is 59.3 Å². The standard InChI is InChI=1S/C17H25N3O/c1-13(2)20-8-7-15(12-20)10-19-11-17(21)16-5-3-14(9-18)4-6-16/h3-6,13,15,17,19,21H,7-8,10-12H2,1-2H3. The molecule has 1 saturated heterocycles. The lowest BCUT2D eigenvalue weighted by Crippen LogP contribution is -2.32. The van der Waals surface area contributed by atoms with Gasteiger partial charge < -0.3 is 15.3 Å². The van der Waals surface area contributed by atoms with Crippen LogP contribution in [0, 0.1) is 17.2 Å². The van der Waals surface area contributed by atoms with Gasteiger partial charge in [0.1, 0.15) is 0 Å². The lowest BCUT2D eigenvalue weighted by molar-refractivity contribution is 0.172. The van der Waals surface area contributed by atoms with Crippen molar-refractivity contribution in [3.63, 3.8) is 0 Å². The third kappa shape index (κ3) is 4.53. The van der Waals surface area contributed by atoms with E-state index in [1.807, 2.05) is 12.1 Å². The average molecular weight is 287 g/mol. The molecule has 114 valence electrons. The van der Waals surface area contributed by atoms with E-state index >= 15 is 0 Å². The fourth-order valence-corrected chi connectivity index (χ4v) is 2.82. The van der Waals surface area contributed by atoms with Crippen LogP contribution in [-0.2, 0) is 0 Å². The van der Waals surface area contributed by atoms with E-state index in [1.54, 1.807) is 12.1 Å². The number of nitrogens with one attached hydrogen (secondary N) is 1. The number of benzene rings is 1. The van der Waals surface area contributed by atoms with Crippen LogP contribution >= 0.6 is 0 Å². The average Bonchev–Trinajstić information content (AvgIpc) is 2.96. The van der Waals surface area contributed by atoms with Crippen LogP contribution in [0.15, 0.2) is 24.3 Å². The molecule has 0 aliphatic carbocycles.